The molecule has 0 radical (unpaired) electrons. The van der Waals surface area contributed by atoms with Crippen LogP contribution in [0.25, 0.3) is 0 Å². The summed E-state index contributed by atoms with van der Waals surface area (Å²) in [6.07, 6.45) is -0.484. The van der Waals surface area contributed by atoms with Gasteiger partial charge in [0.25, 0.3) is 0 Å². The van der Waals surface area contributed by atoms with Crippen molar-refractivity contribution in [2.24, 2.45) is 50.5 Å². The van der Waals surface area contributed by atoms with Gasteiger partial charge >= 0.3 is 0 Å². The highest BCUT2D eigenvalue weighted by Crippen LogP contribution is 2.33. The number of hydrogen-bond acceptors (Lipinski definition) is 10. The molecule has 8 atom stereocenters. The van der Waals surface area contributed by atoms with Crippen molar-refractivity contribution < 1.29 is 38.2 Å². The highest BCUT2D eigenvalue weighted by molar-refractivity contribution is 5.97. The summed E-state index contributed by atoms with van der Waals surface area (Å²) < 4.78 is 12.0. The van der Waals surface area contributed by atoms with Crippen molar-refractivity contribution in [3.8, 4) is 0 Å². The molecule has 20 nitrogen and oxygen atoms in total. The Morgan fingerprint density at radius 3 is 1.39 bits per heavy atom. The van der Waals surface area contributed by atoms with Crippen LogP contribution >= 0.6 is 0 Å². The van der Waals surface area contributed by atoms with E-state index in [0.717, 1.165) is 0 Å². The van der Waals surface area contributed by atoms with Crippen molar-refractivity contribution in [1.29, 1.82) is 0 Å². The van der Waals surface area contributed by atoms with Gasteiger partial charge in [0.05, 0.1) is 30.8 Å². The Hall–Kier alpha value is -4.72. The van der Waals surface area contributed by atoms with E-state index in [1.54, 1.807) is 0 Å². The molecule has 0 aromatic rings. The minimum atomic E-state index is -1.14. The molecule has 0 bridgehead atoms. The lowest BCUT2D eigenvalue weighted by molar-refractivity contribution is -0.152. The molecule has 0 aromatic heterocycles. The van der Waals surface area contributed by atoms with E-state index in [4.69, 9.17) is 38.1 Å². The molecule has 6 amide bonds. The van der Waals surface area contributed by atoms with Crippen LogP contribution in [0.15, 0.2) is 9.98 Å². The summed E-state index contributed by atoms with van der Waals surface area (Å²) >= 11 is 0. The van der Waals surface area contributed by atoms with Gasteiger partial charge in [-0.3, -0.25) is 28.8 Å². The Morgan fingerprint density at radius 1 is 0.611 bits per heavy atom. The van der Waals surface area contributed by atoms with Gasteiger partial charge in [0, 0.05) is 72.0 Å². The number of rotatable bonds is 14. The quantitative estimate of drug-likeness (QED) is 0.0739. The molecule has 0 spiro atoms. The Labute approximate surface area is 315 Å². The number of aliphatic imine (C=N–C) groups is 2. The third-order valence-corrected chi connectivity index (χ3v) is 9.92. The number of nitrogens with zero attached hydrogens (tertiary/aromatic N) is 6. The first-order valence-corrected chi connectivity index (χ1v) is 18.5. The molecule has 4 heterocycles. The fourth-order valence-corrected chi connectivity index (χ4v) is 7.58. The summed E-state index contributed by atoms with van der Waals surface area (Å²) in [5.41, 5.74) is 28.6. The summed E-state index contributed by atoms with van der Waals surface area (Å²) in [6, 6.07) is -5.57. The van der Waals surface area contributed by atoms with Gasteiger partial charge in [0.15, 0.2) is 11.9 Å². The van der Waals surface area contributed by atoms with Crippen molar-refractivity contribution in [3.05, 3.63) is 0 Å². The van der Waals surface area contributed by atoms with Crippen molar-refractivity contribution in [1.82, 2.24) is 24.9 Å². The minimum Gasteiger partial charge on any atom is -0.376 e. The minimum absolute atomic E-state index is 0.0193. The van der Waals surface area contributed by atoms with Crippen LogP contribution in [-0.4, -0.2) is 161 Å². The van der Waals surface area contributed by atoms with Crippen molar-refractivity contribution >= 4 is 47.4 Å². The van der Waals surface area contributed by atoms with E-state index in [1.165, 1.54) is 26.5 Å². The second kappa shape index (κ2) is 18.1. The Balaban J connectivity index is 1.65. The molecule has 0 saturated carbocycles. The van der Waals surface area contributed by atoms with Crippen molar-refractivity contribution in [3.63, 3.8) is 0 Å². The van der Waals surface area contributed by atoms with E-state index in [0.29, 0.717) is 13.2 Å². The van der Waals surface area contributed by atoms with Gasteiger partial charge in [-0.2, -0.15) is 0 Å². The Morgan fingerprint density at radius 2 is 1.00 bits per heavy atom. The number of likely N-dealkylation sites (tertiary alicyclic amines) is 4. The number of hydrogen-bond donors (Lipinski definition) is 6. The van der Waals surface area contributed by atoms with Gasteiger partial charge in [-0.05, 0) is 11.8 Å². The molecule has 302 valence electrons. The van der Waals surface area contributed by atoms with Gasteiger partial charge in [0.2, 0.25) is 35.4 Å². The molecule has 11 N–H and O–H groups in total. The number of amides is 6. The van der Waals surface area contributed by atoms with Gasteiger partial charge in [-0.25, -0.2) is 9.98 Å². The predicted molar refractivity (Wildman–Crippen MR) is 197 cm³/mol. The highest BCUT2D eigenvalue weighted by atomic mass is 16.5. The molecule has 4 rings (SSSR count). The van der Waals surface area contributed by atoms with E-state index in [9.17, 15) is 28.8 Å². The average molecular weight is 763 g/mol. The molecule has 0 unspecified atom stereocenters. The topological polar surface area (TPSA) is 301 Å². The monoisotopic (exact) mass is 762 g/mol. The Bertz CT molecular complexity index is 1480. The van der Waals surface area contributed by atoms with Crippen LogP contribution in [0.4, 0.5) is 0 Å². The van der Waals surface area contributed by atoms with E-state index >= 15 is 0 Å². The van der Waals surface area contributed by atoms with Crippen LogP contribution in [-0.2, 0) is 38.2 Å². The SMILES string of the molecule is CC(=O)NCC(=O)N1C[C@H](OCC(C)C)C[C@H]1C(=O)N1C[C@H](N=C(N)N)C[C@H]1C(=O)N1C[C@H](N=C(N)N)C[C@H]1C(=O)N1C[C@H](OCC(C)C)C[C@H]1C(N)=O. The van der Waals surface area contributed by atoms with E-state index in [1.807, 2.05) is 27.7 Å². The summed E-state index contributed by atoms with van der Waals surface area (Å²) in [5.74, 6) is -3.29. The van der Waals surface area contributed by atoms with E-state index < -0.39 is 83.9 Å². The maximum Gasteiger partial charge on any atom is 0.246 e. The third-order valence-electron chi connectivity index (χ3n) is 9.92. The number of nitrogens with one attached hydrogen (secondary N) is 1. The van der Waals surface area contributed by atoms with Crippen molar-refractivity contribution in [2.45, 2.75) is 109 Å². The van der Waals surface area contributed by atoms with Crippen LogP contribution in [0, 0.1) is 11.8 Å². The lowest BCUT2D eigenvalue weighted by Gasteiger charge is -2.35. The lowest BCUT2D eigenvalue weighted by atomic mass is 10.1. The number of ether oxygens (including phenoxy) is 2. The zero-order chi connectivity index (χ0) is 40.0. The summed E-state index contributed by atoms with van der Waals surface area (Å²) in [6.45, 7) is 9.78. The third kappa shape index (κ3) is 10.5. The first-order chi connectivity index (χ1) is 25.4. The summed E-state index contributed by atoms with van der Waals surface area (Å²) in [4.78, 5) is 95.1. The molecule has 4 aliphatic heterocycles. The van der Waals surface area contributed by atoms with E-state index in [-0.39, 0.29) is 82.2 Å². The number of nitrogens with two attached hydrogens (primary N) is 5. The molecular weight excluding hydrogens is 704 g/mol. The zero-order valence-corrected chi connectivity index (χ0v) is 31.9. The standard InChI is InChI=1S/C34H58N12O8/c1-17(2)15-53-22-8-24(29(35)49)46(14-22)31(51)26-7-21(42-34(38)39)11-44(26)30(50)25-6-20(41-33(36)37)12-45(25)32(52)27-9-23(54-16-18(3)4)13-43(27)28(48)10-40-19(5)47/h17-18,20-27H,6-16H2,1-5H3,(H2,35,49)(H,40,47)(H4,36,37,41)(H4,38,39,42)/t20-,21-,22-,23-,24+,25+,26+,27+/m1/s1. The fourth-order valence-electron chi connectivity index (χ4n) is 7.58. The first-order valence-electron chi connectivity index (χ1n) is 18.5. The van der Waals surface area contributed by atoms with Crippen LogP contribution < -0.4 is 34.0 Å². The molecule has 20 heteroatoms. The Kier molecular flexibility index (Phi) is 14.1. The van der Waals surface area contributed by atoms with Crippen LogP contribution in [0.1, 0.15) is 60.3 Å². The predicted octanol–water partition coefficient (Wildman–Crippen LogP) is -3.62. The first kappa shape index (κ1) is 42.0. The summed E-state index contributed by atoms with van der Waals surface area (Å²) in [7, 11) is 0. The number of guanidine groups is 2. The van der Waals surface area contributed by atoms with Gasteiger partial charge < -0.3 is 63.1 Å². The van der Waals surface area contributed by atoms with E-state index in [2.05, 4.69) is 15.3 Å². The maximum atomic E-state index is 14.7. The smallest absolute Gasteiger partial charge is 0.246 e. The van der Waals surface area contributed by atoms with Crippen LogP contribution in [0.5, 0.6) is 0 Å². The lowest BCUT2D eigenvalue weighted by Crippen LogP contribution is -2.57. The van der Waals surface area contributed by atoms with Crippen LogP contribution in [0.3, 0.4) is 0 Å². The average Bonchev–Trinajstić information content (AvgIpc) is 3.88. The summed E-state index contributed by atoms with van der Waals surface area (Å²) in [5, 5.41) is 2.49. The molecule has 54 heavy (non-hydrogen) atoms. The molecule has 4 saturated heterocycles. The molecule has 0 aromatic carbocycles. The molecule has 0 aliphatic carbocycles. The largest absolute Gasteiger partial charge is 0.376 e. The second-order valence-corrected chi connectivity index (χ2v) is 15.4. The molecule has 4 fully saturated rings. The highest BCUT2D eigenvalue weighted by Gasteiger charge is 2.52. The molecular formula is C34H58N12O8. The number of carbonyl (C=O) groups is 6. The van der Waals surface area contributed by atoms with Gasteiger partial charge in [0.1, 0.15) is 24.2 Å². The van der Waals surface area contributed by atoms with Crippen molar-refractivity contribution in [2.75, 3.05) is 45.9 Å². The number of carbonyl (C=O) groups excluding carboxylic acids is 6. The van der Waals surface area contributed by atoms with Gasteiger partial charge in [-0.1, -0.05) is 27.7 Å². The second-order valence-electron chi connectivity index (χ2n) is 15.4. The normalized spacial score (nSPS) is 28.1. The fraction of sp³-hybridized carbons (Fsp3) is 0.765. The van der Waals surface area contributed by atoms with Crippen LogP contribution in [0.2, 0.25) is 0 Å². The molecule has 4 aliphatic rings. The number of primary amides is 1. The maximum absolute atomic E-state index is 14.7. The zero-order valence-electron chi connectivity index (χ0n) is 31.9. The van der Waals surface area contributed by atoms with Gasteiger partial charge in [-0.15, -0.1) is 0 Å².